The largest absolute Gasteiger partial charge is 0.496 e. The Morgan fingerprint density at radius 3 is 2.63 bits per heavy atom. The van der Waals surface area contributed by atoms with Gasteiger partial charge in [0.1, 0.15) is 5.75 Å². The Bertz CT molecular complexity index is 788. The molecule has 2 aromatic rings. The summed E-state index contributed by atoms with van der Waals surface area (Å²) in [7, 11) is 3.04. The summed E-state index contributed by atoms with van der Waals surface area (Å²) in [5.41, 5.74) is 1.60. The molecule has 7 heteroatoms. The summed E-state index contributed by atoms with van der Waals surface area (Å²) < 4.78 is 24.3. The van der Waals surface area contributed by atoms with Crippen molar-refractivity contribution in [3.05, 3.63) is 59.4 Å². The predicted octanol–water partition coefficient (Wildman–Crippen LogP) is 2.98. The molecular weight excluding hydrogens is 371 g/mol. The van der Waals surface area contributed by atoms with E-state index >= 15 is 0 Å². The fraction of sp³-hybridized carbons (Fsp3) is 0.350. The summed E-state index contributed by atoms with van der Waals surface area (Å²) in [5, 5.41) is 3.33. The number of carbonyl (C=O) groups excluding carboxylic acids is 1. The van der Waals surface area contributed by atoms with E-state index in [-0.39, 0.29) is 36.5 Å². The van der Waals surface area contributed by atoms with Crippen molar-refractivity contribution in [2.45, 2.75) is 12.5 Å². The molecule has 1 atom stereocenters. The lowest BCUT2D eigenvalue weighted by molar-refractivity contribution is -0.133. The average molecular weight is 395 g/mol. The van der Waals surface area contributed by atoms with Gasteiger partial charge in [0.2, 0.25) is 5.91 Å². The van der Waals surface area contributed by atoms with Gasteiger partial charge in [0, 0.05) is 25.2 Å². The number of methoxy groups -OCH3 is 2. The van der Waals surface area contributed by atoms with Crippen LogP contribution in [0.5, 0.6) is 11.5 Å². The Labute approximate surface area is 164 Å². The zero-order chi connectivity index (χ0) is 18.5. The number of rotatable bonds is 5. The first-order valence-corrected chi connectivity index (χ1v) is 8.59. The molecule has 1 N–H and O–H groups in total. The first kappa shape index (κ1) is 21.0. The highest BCUT2D eigenvalue weighted by Gasteiger charge is 2.29. The van der Waals surface area contributed by atoms with Crippen LogP contribution in [0.15, 0.2) is 42.5 Å². The molecule has 1 saturated heterocycles. The molecule has 0 aliphatic carbocycles. The van der Waals surface area contributed by atoms with Gasteiger partial charge in [-0.3, -0.25) is 4.79 Å². The lowest BCUT2D eigenvalue weighted by atomic mass is 10.0. The summed E-state index contributed by atoms with van der Waals surface area (Å²) in [5.74, 6) is 0.441. The summed E-state index contributed by atoms with van der Waals surface area (Å²) in [4.78, 5) is 14.8. The maximum absolute atomic E-state index is 13.9. The second-order valence-corrected chi connectivity index (χ2v) is 6.19. The Kier molecular flexibility index (Phi) is 7.45. The van der Waals surface area contributed by atoms with E-state index in [1.54, 1.807) is 19.2 Å². The fourth-order valence-electron chi connectivity index (χ4n) is 3.32. The van der Waals surface area contributed by atoms with Gasteiger partial charge in [-0.25, -0.2) is 4.39 Å². The van der Waals surface area contributed by atoms with Crippen molar-refractivity contribution >= 4 is 18.3 Å². The maximum atomic E-state index is 13.9. The third kappa shape index (κ3) is 4.70. The lowest BCUT2D eigenvalue weighted by Gasteiger charge is -2.37. The molecule has 1 fully saturated rings. The highest BCUT2D eigenvalue weighted by atomic mass is 35.5. The van der Waals surface area contributed by atoms with E-state index in [0.29, 0.717) is 18.7 Å². The van der Waals surface area contributed by atoms with Gasteiger partial charge in [-0.2, -0.15) is 0 Å². The number of hydrogen-bond acceptors (Lipinski definition) is 4. The number of ether oxygens (including phenoxy) is 2. The number of hydrogen-bond donors (Lipinski definition) is 1. The molecule has 3 rings (SSSR count). The molecular formula is C20H24ClFN2O3. The molecule has 0 radical (unpaired) electrons. The number of nitrogens with zero attached hydrogens (tertiary/aromatic N) is 1. The van der Waals surface area contributed by atoms with E-state index in [1.807, 2.05) is 29.2 Å². The van der Waals surface area contributed by atoms with E-state index in [0.717, 1.165) is 17.9 Å². The van der Waals surface area contributed by atoms with Gasteiger partial charge in [-0.15, -0.1) is 12.4 Å². The standard InChI is InChI=1S/C20H23FN2O3.ClH/c1-25-18-6-4-3-5-15(18)17-13-22-9-10-23(17)20(24)12-14-7-8-19(26-2)16(21)11-14;/h3-8,11,17,22H,9-10,12-13H2,1-2H3;1H. The van der Waals surface area contributed by atoms with E-state index in [9.17, 15) is 9.18 Å². The van der Waals surface area contributed by atoms with Crippen molar-refractivity contribution in [1.29, 1.82) is 0 Å². The third-order valence-corrected chi connectivity index (χ3v) is 4.63. The van der Waals surface area contributed by atoms with Gasteiger partial charge in [-0.05, 0) is 23.8 Å². The normalized spacial score (nSPS) is 16.4. The van der Waals surface area contributed by atoms with Crippen molar-refractivity contribution in [3.63, 3.8) is 0 Å². The quantitative estimate of drug-likeness (QED) is 0.847. The molecule has 1 unspecified atom stereocenters. The van der Waals surface area contributed by atoms with Crippen LogP contribution in [0.2, 0.25) is 0 Å². The van der Waals surface area contributed by atoms with Gasteiger partial charge in [0.05, 0.1) is 26.7 Å². The first-order chi connectivity index (χ1) is 12.6. The summed E-state index contributed by atoms with van der Waals surface area (Å²) in [6.45, 7) is 1.98. The average Bonchev–Trinajstić information content (AvgIpc) is 2.68. The number of nitrogens with one attached hydrogen (secondary N) is 1. The molecule has 0 spiro atoms. The second kappa shape index (κ2) is 9.58. The monoisotopic (exact) mass is 394 g/mol. The number of halogens is 2. The molecule has 5 nitrogen and oxygen atoms in total. The number of para-hydroxylation sites is 1. The van der Waals surface area contributed by atoms with E-state index in [2.05, 4.69) is 5.32 Å². The minimum Gasteiger partial charge on any atom is -0.496 e. The van der Waals surface area contributed by atoms with Gasteiger partial charge < -0.3 is 19.7 Å². The molecule has 2 aromatic carbocycles. The summed E-state index contributed by atoms with van der Waals surface area (Å²) in [6.07, 6.45) is 0.145. The van der Waals surface area contributed by atoms with Crippen LogP contribution >= 0.6 is 12.4 Å². The molecule has 0 saturated carbocycles. The van der Waals surface area contributed by atoms with Gasteiger partial charge in [-0.1, -0.05) is 24.3 Å². The predicted molar refractivity (Wildman–Crippen MR) is 104 cm³/mol. The van der Waals surface area contributed by atoms with Crippen LogP contribution in [0.1, 0.15) is 17.2 Å². The van der Waals surface area contributed by atoms with Crippen molar-refractivity contribution < 1.29 is 18.7 Å². The Morgan fingerprint density at radius 2 is 1.93 bits per heavy atom. The Morgan fingerprint density at radius 1 is 1.19 bits per heavy atom. The molecule has 1 amide bonds. The van der Waals surface area contributed by atoms with Crippen LogP contribution in [-0.2, 0) is 11.2 Å². The van der Waals surface area contributed by atoms with Gasteiger partial charge in [0.15, 0.2) is 11.6 Å². The van der Waals surface area contributed by atoms with Crippen molar-refractivity contribution in [3.8, 4) is 11.5 Å². The number of benzene rings is 2. The molecule has 1 aliphatic heterocycles. The van der Waals surface area contributed by atoms with Crippen LogP contribution < -0.4 is 14.8 Å². The highest BCUT2D eigenvalue weighted by Crippen LogP contribution is 2.30. The van der Waals surface area contributed by atoms with Crippen molar-refractivity contribution in [1.82, 2.24) is 10.2 Å². The Hall–Kier alpha value is -2.31. The van der Waals surface area contributed by atoms with E-state index in [1.165, 1.54) is 13.2 Å². The zero-order valence-corrected chi connectivity index (χ0v) is 16.2. The lowest BCUT2D eigenvalue weighted by Crippen LogP contribution is -2.49. The number of carbonyl (C=O) groups is 1. The third-order valence-electron chi connectivity index (χ3n) is 4.63. The van der Waals surface area contributed by atoms with Crippen molar-refractivity contribution in [2.24, 2.45) is 0 Å². The SMILES string of the molecule is COc1ccc(CC(=O)N2CCNCC2c2ccccc2OC)cc1F.Cl. The van der Waals surface area contributed by atoms with Crippen LogP contribution in [0.3, 0.4) is 0 Å². The maximum Gasteiger partial charge on any atom is 0.227 e. The molecule has 1 aliphatic rings. The van der Waals surface area contributed by atoms with Crippen LogP contribution in [0.25, 0.3) is 0 Å². The minimum absolute atomic E-state index is 0. The van der Waals surface area contributed by atoms with Crippen molar-refractivity contribution in [2.75, 3.05) is 33.9 Å². The second-order valence-electron chi connectivity index (χ2n) is 6.19. The first-order valence-electron chi connectivity index (χ1n) is 8.59. The van der Waals surface area contributed by atoms with E-state index < -0.39 is 5.82 Å². The molecule has 27 heavy (non-hydrogen) atoms. The smallest absolute Gasteiger partial charge is 0.227 e. The highest BCUT2D eigenvalue weighted by molar-refractivity contribution is 5.85. The molecule has 146 valence electrons. The summed E-state index contributed by atoms with van der Waals surface area (Å²) >= 11 is 0. The van der Waals surface area contributed by atoms with E-state index in [4.69, 9.17) is 9.47 Å². The molecule has 1 heterocycles. The molecule has 0 aromatic heterocycles. The zero-order valence-electron chi connectivity index (χ0n) is 15.4. The fourth-order valence-corrected chi connectivity index (χ4v) is 3.32. The Balaban J connectivity index is 0.00000261. The van der Waals surface area contributed by atoms with Crippen LogP contribution in [0, 0.1) is 5.82 Å². The number of amides is 1. The molecule has 0 bridgehead atoms. The minimum atomic E-state index is -0.459. The summed E-state index contributed by atoms with van der Waals surface area (Å²) in [6, 6.07) is 12.2. The van der Waals surface area contributed by atoms with Gasteiger partial charge >= 0.3 is 0 Å². The van der Waals surface area contributed by atoms with Crippen LogP contribution in [0.4, 0.5) is 4.39 Å². The van der Waals surface area contributed by atoms with Crippen LogP contribution in [-0.4, -0.2) is 44.7 Å². The van der Waals surface area contributed by atoms with Gasteiger partial charge in [0.25, 0.3) is 0 Å². The number of piperazine rings is 1. The topological polar surface area (TPSA) is 50.8 Å².